The summed E-state index contributed by atoms with van der Waals surface area (Å²) < 4.78 is 0. The molecule has 0 unspecified atom stereocenters. The second-order valence-corrected chi connectivity index (χ2v) is 4.96. The van der Waals surface area contributed by atoms with Crippen LogP contribution in [0.3, 0.4) is 0 Å². The van der Waals surface area contributed by atoms with Crippen molar-refractivity contribution in [3.05, 3.63) is 17.4 Å². The van der Waals surface area contributed by atoms with E-state index >= 15 is 0 Å². The molecule has 1 aromatic rings. The molecule has 1 aromatic heterocycles. The van der Waals surface area contributed by atoms with E-state index in [0.717, 1.165) is 18.8 Å². The van der Waals surface area contributed by atoms with E-state index in [-0.39, 0.29) is 0 Å². The summed E-state index contributed by atoms with van der Waals surface area (Å²) >= 11 is 5.79. The fourth-order valence-corrected chi connectivity index (χ4v) is 1.99. The zero-order chi connectivity index (χ0) is 10.2. The molecule has 0 saturated carbocycles. The van der Waals surface area contributed by atoms with Crippen molar-refractivity contribution in [2.24, 2.45) is 5.41 Å². The number of anilines is 1. The molecule has 1 aliphatic rings. The first-order chi connectivity index (χ1) is 6.57. The molecule has 1 saturated heterocycles. The van der Waals surface area contributed by atoms with Gasteiger partial charge >= 0.3 is 0 Å². The Hall–Kier alpha value is -0.830. The maximum Gasteiger partial charge on any atom is 0.153 e. The average molecular weight is 212 g/mol. The fourth-order valence-electron chi connectivity index (χ4n) is 1.84. The maximum absolute atomic E-state index is 5.79. The summed E-state index contributed by atoms with van der Waals surface area (Å²) in [4.78, 5) is 2.31. The smallest absolute Gasteiger partial charge is 0.153 e. The molecule has 4 heteroatoms. The molecular weight excluding hydrogens is 198 g/mol. The molecule has 0 amide bonds. The summed E-state index contributed by atoms with van der Waals surface area (Å²) in [5, 5.41) is 8.05. The Bertz CT molecular complexity index is 338. The van der Waals surface area contributed by atoms with Crippen molar-refractivity contribution in [3.8, 4) is 0 Å². The summed E-state index contributed by atoms with van der Waals surface area (Å²) in [6, 6.07) is 1.87. The Morgan fingerprint density at radius 1 is 1.50 bits per heavy atom. The van der Waals surface area contributed by atoms with Crippen LogP contribution in [0.5, 0.6) is 0 Å². The van der Waals surface area contributed by atoms with E-state index in [1.165, 1.54) is 6.42 Å². The number of aromatic nitrogens is 2. The van der Waals surface area contributed by atoms with E-state index in [4.69, 9.17) is 11.6 Å². The predicted octanol–water partition coefficient (Wildman–Crippen LogP) is 2.37. The van der Waals surface area contributed by atoms with Crippen LogP contribution < -0.4 is 4.90 Å². The lowest BCUT2D eigenvalue weighted by molar-refractivity contribution is 0.418. The van der Waals surface area contributed by atoms with Gasteiger partial charge in [0, 0.05) is 19.2 Å². The first-order valence-corrected chi connectivity index (χ1v) is 5.18. The van der Waals surface area contributed by atoms with Crippen molar-refractivity contribution in [1.29, 1.82) is 0 Å². The minimum absolute atomic E-state index is 0.399. The van der Waals surface area contributed by atoms with Gasteiger partial charge in [-0.2, -0.15) is 5.10 Å². The fraction of sp³-hybridized carbons (Fsp3) is 0.600. The van der Waals surface area contributed by atoms with Crippen LogP contribution >= 0.6 is 11.6 Å². The van der Waals surface area contributed by atoms with Crippen molar-refractivity contribution >= 4 is 17.3 Å². The lowest BCUT2D eigenvalue weighted by Gasteiger charge is -2.20. The molecule has 0 aromatic carbocycles. The molecule has 2 heterocycles. The van der Waals surface area contributed by atoms with Crippen LogP contribution in [0.2, 0.25) is 5.15 Å². The molecule has 0 N–H and O–H groups in total. The third kappa shape index (κ3) is 1.98. The molecule has 2 rings (SSSR count). The van der Waals surface area contributed by atoms with Crippen LogP contribution in [0.4, 0.5) is 5.69 Å². The van der Waals surface area contributed by atoms with Crippen molar-refractivity contribution in [3.63, 3.8) is 0 Å². The molecule has 3 nitrogen and oxygen atoms in total. The van der Waals surface area contributed by atoms with Crippen LogP contribution in [0, 0.1) is 5.41 Å². The number of rotatable bonds is 1. The monoisotopic (exact) mass is 211 g/mol. The standard InChI is InChI=1S/C10H14ClN3/c1-10(2)3-4-14(7-10)8-5-9(11)13-12-6-8/h5-6H,3-4,7H2,1-2H3. The minimum Gasteiger partial charge on any atom is -0.370 e. The largest absolute Gasteiger partial charge is 0.370 e. The summed E-state index contributed by atoms with van der Waals surface area (Å²) in [6.07, 6.45) is 2.99. The molecule has 0 bridgehead atoms. The zero-order valence-corrected chi connectivity index (χ0v) is 9.25. The van der Waals surface area contributed by atoms with E-state index in [0.29, 0.717) is 10.6 Å². The Morgan fingerprint density at radius 2 is 2.29 bits per heavy atom. The number of halogens is 1. The summed E-state index contributed by atoms with van der Waals surface area (Å²) in [6.45, 7) is 6.70. The van der Waals surface area contributed by atoms with Gasteiger partial charge in [0.2, 0.25) is 0 Å². The van der Waals surface area contributed by atoms with E-state index in [1.807, 2.05) is 6.07 Å². The van der Waals surface area contributed by atoms with Crippen LogP contribution in [0.15, 0.2) is 12.3 Å². The predicted molar refractivity (Wildman–Crippen MR) is 57.7 cm³/mol. The molecule has 0 aliphatic carbocycles. The third-order valence-corrected chi connectivity index (χ3v) is 2.84. The van der Waals surface area contributed by atoms with Crippen LogP contribution in [0.25, 0.3) is 0 Å². The molecular formula is C10H14ClN3. The van der Waals surface area contributed by atoms with Crippen LogP contribution in [-0.2, 0) is 0 Å². The van der Waals surface area contributed by atoms with Gasteiger partial charge in [-0.25, -0.2) is 0 Å². The van der Waals surface area contributed by atoms with Gasteiger partial charge in [0.15, 0.2) is 5.15 Å². The van der Waals surface area contributed by atoms with Crippen LogP contribution in [-0.4, -0.2) is 23.3 Å². The maximum atomic E-state index is 5.79. The van der Waals surface area contributed by atoms with Gasteiger partial charge in [0.05, 0.1) is 11.9 Å². The van der Waals surface area contributed by atoms with E-state index in [1.54, 1.807) is 6.20 Å². The molecule has 1 aliphatic heterocycles. The van der Waals surface area contributed by atoms with Gasteiger partial charge < -0.3 is 4.90 Å². The number of hydrogen-bond acceptors (Lipinski definition) is 3. The van der Waals surface area contributed by atoms with E-state index < -0.39 is 0 Å². The second-order valence-electron chi connectivity index (χ2n) is 4.57. The number of nitrogens with zero attached hydrogens (tertiary/aromatic N) is 3. The first-order valence-electron chi connectivity index (χ1n) is 4.80. The molecule has 14 heavy (non-hydrogen) atoms. The third-order valence-electron chi connectivity index (χ3n) is 2.65. The van der Waals surface area contributed by atoms with Gasteiger partial charge in [-0.15, -0.1) is 5.10 Å². The van der Waals surface area contributed by atoms with Gasteiger partial charge in [0.25, 0.3) is 0 Å². The van der Waals surface area contributed by atoms with E-state index in [2.05, 4.69) is 28.9 Å². The normalized spacial score (nSPS) is 20.1. The van der Waals surface area contributed by atoms with Crippen molar-refractivity contribution in [2.75, 3.05) is 18.0 Å². The summed E-state index contributed by atoms with van der Waals surface area (Å²) in [7, 11) is 0. The molecule has 0 atom stereocenters. The quantitative estimate of drug-likeness (QED) is 0.714. The Balaban J connectivity index is 2.17. The SMILES string of the molecule is CC1(C)CCN(c2cnnc(Cl)c2)C1. The van der Waals surface area contributed by atoms with Crippen LogP contribution in [0.1, 0.15) is 20.3 Å². The topological polar surface area (TPSA) is 29.0 Å². The molecule has 0 spiro atoms. The van der Waals surface area contributed by atoms with Crippen molar-refractivity contribution < 1.29 is 0 Å². The first kappa shape index (κ1) is 9.71. The zero-order valence-electron chi connectivity index (χ0n) is 8.50. The highest BCUT2D eigenvalue weighted by atomic mass is 35.5. The average Bonchev–Trinajstić information content (AvgIpc) is 2.46. The lowest BCUT2D eigenvalue weighted by Crippen LogP contribution is -2.22. The minimum atomic E-state index is 0.399. The molecule has 0 radical (unpaired) electrons. The van der Waals surface area contributed by atoms with Gasteiger partial charge in [0.1, 0.15) is 0 Å². The Kier molecular flexibility index (Phi) is 2.35. The Labute approximate surface area is 89.1 Å². The lowest BCUT2D eigenvalue weighted by atomic mass is 9.93. The highest BCUT2D eigenvalue weighted by Gasteiger charge is 2.29. The van der Waals surface area contributed by atoms with Gasteiger partial charge in [-0.3, -0.25) is 0 Å². The highest BCUT2D eigenvalue weighted by Crippen LogP contribution is 2.32. The Morgan fingerprint density at radius 3 is 2.86 bits per heavy atom. The summed E-state index contributed by atoms with van der Waals surface area (Å²) in [5.74, 6) is 0. The molecule has 1 fully saturated rings. The van der Waals surface area contributed by atoms with Crippen molar-refractivity contribution in [1.82, 2.24) is 10.2 Å². The van der Waals surface area contributed by atoms with Crippen molar-refractivity contribution in [2.45, 2.75) is 20.3 Å². The van der Waals surface area contributed by atoms with E-state index in [9.17, 15) is 0 Å². The second kappa shape index (κ2) is 3.39. The highest BCUT2D eigenvalue weighted by molar-refractivity contribution is 6.29. The molecule has 76 valence electrons. The van der Waals surface area contributed by atoms with Gasteiger partial charge in [-0.05, 0) is 11.8 Å². The number of hydrogen-bond donors (Lipinski definition) is 0. The summed E-state index contributed by atoms with van der Waals surface area (Å²) in [5.41, 5.74) is 1.48. The van der Waals surface area contributed by atoms with Gasteiger partial charge in [-0.1, -0.05) is 25.4 Å².